The van der Waals surface area contributed by atoms with Crippen LogP contribution in [0.2, 0.25) is 0 Å². The lowest BCUT2D eigenvalue weighted by Gasteiger charge is -2.22. The second kappa shape index (κ2) is 7.21. The molecular weight excluding hydrogens is 327 g/mol. The quantitative estimate of drug-likeness (QED) is 0.907. The number of halogens is 1. The molecule has 1 aromatic rings. The molecule has 1 aromatic carbocycles. The van der Waals surface area contributed by atoms with Crippen LogP contribution in [0.4, 0.5) is 14.9 Å². The van der Waals surface area contributed by atoms with E-state index in [1.54, 1.807) is 12.1 Å². The van der Waals surface area contributed by atoms with Crippen LogP contribution in [0, 0.1) is 5.82 Å². The van der Waals surface area contributed by atoms with Gasteiger partial charge in [0.2, 0.25) is 5.91 Å². The Morgan fingerprint density at radius 2 is 2.04 bits per heavy atom. The number of Topliss-reactive ketones (excluding diaryl/α,β-unsaturated/α-hetero) is 1. The molecule has 0 aromatic heterocycles. The fourth-order valence-corrected chi connectivity index (χ4v) is 3.36. The highest BCUT2D eigenvalue weighted by Crippen LogP contribution is 2.34. The summed E-state index contributed by atoms with van der Waals surface area (Å²) in [5.41, 5.74) is 1.03. The number of amides is 2. The van der Waals surface area contributed by atoms with Crippen LogP contribution in [-0.2, 0) is 14.3 Å². The number of carbonyl (C=O) groups excluding carboxylic acids is 3. The average Bonchev–Trinajstić information content (AvgIpc) is 2.95. The molecule has 1 aliphatic carbocycles. The molecule has 134 valence electrons. The molecule has 7 heteroatoms. The summed E-state index contributed by atoms with van der Waals surface area (Å²) in [6.07, 6.45) is 1.32. The van der Waals surface area contributed by atoms with E-state index in [1.807, 2.05) is 0 Å². The Bertz CT molecular complexity index is 696. The number of rotatable bonds is 4. The van der Waals surface area contributed by atoms with Crippen LogP contribution in [0.1, 0.15) is 44.1 Å². The van der Waals surface area contributed by atoms with E-state index in [0.29, 0.717) is 36.9 Å². The number of cyclic esters (lactones) is 1. The molecule has 1 atom stereocenters. The smallest absolute Gasteiger partial charge is 0.414 e. The number of carbonyl (C=O) groups is 3. The maximum atomic E-state index is 14.5. The van der Waals surface area contributed by atoms with Crippen molar-refractivity contribution in [2.24, 2.45) is 0 Å². The molecule has 0 spiro atoms. The highest BCUT2D eigenvalue weighted by atomic mass is 19.1. The van der Waals surface area contributed by atoms with Crippen molar-refractivity contribution >= 4 is 23.5 Å². The van der Waals surface area contributed by atoms with Gasteiger partial charge in [0.05, 0.1) is 18.8 Å². The van der Waals surface area contributed by atoms with Crippen molar-refractivity contribution in [2.45, 2.75) is 44.6 Å². The van der Waals surface area contributed by atoms with E-state index in [2.05, 4.69) is 5.32 Å². The van der Waals surface area contributed by atoms with E-state index in [9.17, 15) is 18.8 Å². The lowest BCUT2D eigenvalue weighted by atomic mass is 9.83. The van der Waals surface area contributed by atoms with Crippen molar-refractivity contribution in [3.05, 3.63) is 29.6 Å². The second-order valence-corrected chi connectivity index (χ2v) is 6.57. The first-order valence-electron chi connectivity index (χ1n) is 8.47. The molecule has 0 bridgehead atoms. The Morgan fingerprint density at radius 1 is 1.32 bits per heavy atom. The summed E-state index contributed by atoms with van der Waals surface area (Å²) in [6.45, 7) is 1.88. The summed E-state index contributed by atoms with van der Waals surface area (Å²) in [6, 6.07) is 4.74. The first kappa shape index (κ1) is 17.4. The van der Waals surface area contributed by atoms with Gasteiger partial charge in [0, 0.05) is 19.8 Å². The van der Waals surface area contributed by atoms with Gasteiger partial charge in [-0.05, 0) is 36.5 Å². The summed E-state index contributed by atoms with van der Waals surface area (Å²) in [4.78, 5) is 35.6. The zero-order valence-electron chi connectivity index (χ0n) is 14.1. The van der Waals surface area contributed by atoms with Crippen LogP contribution < -0.4 is 10.2 Å². The molecule has 2 aliphatic rings. The molecule has 1 heterocycles. The Hall–Kier alpha value is -2.44. The van der Waals surface area contributed by atoms with Crippen LogP contribution in [-0.4, -0.2) is 37.0 Å². The third kappa shape index (κ3) is 3.97. The molecule has 1 saturated heterocycles. The maximum Gasteiger partial charge on any atom is 0.414 e. The van der Waals surface area contributed by atoms with E-state index in [4.69, 9.17) is 4.74 Å². The topological polar surface area (TPSA) is 75.7 Å². The average molecular weight is 348 g/mol. The predicted molar refractivity (Wildman–Crippen MR) is 88.9 cm³/mol. The van der Waals surface area contributed by atoms with Crippen molar-refractivity contribution in [3.8, 4) is 0 Å². The maximum absolute atomic E-state index is 14.5. The van der Waals surface area contributed by atoms with Crippen LogP contribution in [0.3, 0.4) is 0 Å². The molecule has 0 unspecified atom stereocenters. The van der Waals surface area contributed by atoms with E-state index in [1.165, 1.54) is 17.9 Å². The summed E-state index contributed by atoms with van der Waals surface area (Å²) in [5, 5.41) is 2.60. The minimum absolute atomic E-state index is 0.0461. The third-order valence-electron chi connectivity index (χ3n) is 4.73. The van der Waals surface area contributed by atoms with Gasteiger partial charge in [-0.3, -0.25) is 14.5 Å². The first-order chi connectivity index (χ1) is 11.9. The lowest BCUT2D eigenvalue weighted by Crippen LogP contribution is -2.33. The number of hydrogen-bond acceptors (Lipinski definition) is 4. The van der Waals surface area contributed by atoms with Crippen molar-refractivity contribution in [1.82, 2.24) is 5.32 Å². The van der Waals surface area contributed by atoms with Crippen molar-refractivity contribution < 1.29 is 23.5 Å². The van der Waals surface area contributed by atoms with Crippen LogP contribution in [0.25, 0.3) is 0 Å². The number of anilines is 1. The van der Waals surface area contributed by atoms with E-state index in [-0.39, 0.29) is 36.5 Å². The summed E-state index contributed by atoms with van der Waals surface area (Å²) < 4.78 is 19.7. The Balaban J connectivity index is 1.69. The van der Waals surface area contributed by atoms with Crippen LogP contribution in [0.5, 0.6) is 0 Å². The van der Waals surface area contributed by atoms with Gasteiger partial charge in [0.1, 0.15) is 17.7 Å². The molecule has 1 N–H and O–H groups in total. The molecule has 0 radical (unpaired) electrons. The van der Waals surface area contributed by atoms with Crippen molar-refractivity contribution in [3.63, 3.8) is 0 Å². The Labute approximate surface area is 145 Å². The van der Waals surface area contributed by atoms with Gasteiger partial charge >= 0.3 is 6.09 Å². The van der Waals surface area contributed by atoms with Gasteiger partial charge in [-0.2, -0.15) is 0 Å². The minimum atomic E-state index is -0.550. The normalized spacial score (nSPS) is 21.4. The lowest BCUT2D eigenvalue weighted by molar-refractivity contribution is -0.120. The highest BCUT2D eigenvalue weighted by Gasteiger charge is 2.33. The molecule has 2 fully saturated rings. The van der Waals surface area contributed by atoms with Gasteiger partial charge < -0.3 is 10.1 Å². The van der Waals surface area contributed by atoms with Crippen molar-refractivity contribution in [2.75, 3.05) is 18.0 Å². The zero-order valence-corrected chi connectivity index (χ0v) is 14.1. The number of benzene rings is 1. The largest absolute Gasteiger partial charge is 0.442 e. The van der Waals surface area contributed by atoms with Gasteiger partial charge in [-0.15, -0.1) is 0 Å². The molecule has 25 heavy (non-hydrogen) atoms. The number of ether oxygens (including phenoxy) is 1. The first-order valence-corrected chi connectivity index (χ1v) is 8.47. The van der Waals surface area contributed by atoms with Gasteiger partial charge in [-0.25, -0.2) is 9.18 Å². The zero-order chi connectivity index (χ0) is 18.0. The van der Waals surface area contributed by atoms with Gasteiger partial charge in [0.15, 0.2) is 0 Å². The van der Waals surface area contributed by atoms with Crippen LogP contribution in [0.15, 0.2) is 18.2 Å². The molecular formula is C18H21FN2O4. The summed E-state index contributed by atoms with van der Waals surface area (Å²) >= 11 is 0. The SMILES string of the molecule is CC(=O)NC[C@H]1CN(c2ccc(C3CCC(=O)CC3)c(F)c2)C(=O)O1. The highest BCUT2D eigenvalue weighted by molar-refractivity contribution is 5.89. The fourth-order valence-electron chi connectivity index (χ4n) is 3.36. The molecule has 3 rings (SSSR count). The molecule has 2 amide bonds. The van der Waals surface area contributed by atoms with Crippen LogP contribution >= 0.6 is 0 Å². The van der Waals surface area contributed by atoms with E-state index < -0.39 is 12.2 Å². The minimum Gasteiger partial charge on any atom is -0.442 e. The number of ketones is 1. The number of hydrogen-bond donors (Lipinski definition) is 1. The van der Waals surface area contributed by atoms with E-state index >= 15 is 0 Å². The number of nitrogens with one attached hydrogen (secondary N) is 1. The van der Waals surface area contributed by atoms with Gasteiger partial charge in [-0.1, -0.05) is 6.07 Å². The standard InChI is InChI=1S/C18H21FN2O4/c1-11(22)20-9-15-10-21(18(24)25-15)13-4-7-16(17(19)8-13)12-2-5-14(23)6-3-12/h4,7-8,12,15H,2-3,5-6,9-10H2,1H3,(H,20,22)/t15-/m0/s1. The third-order valence-corrected chi connectivity index (χ3v) is 4.73. The summed E-state index contributed by atoms with van der Waals surface area (Å²) in [7, 11) is 0. The Kier molecular flexibility index (Phi) is 5.01. The predicted octanol–water partition coefficient (Wildman–Crippen LogP) is 2.51. The number of nitrogens with zero attached hydrogens (tertiary/aromatic N) is 1. The second-order valence-electron chi connectivity index (χ2n) is 6.57. The molecule has 1 saturated carbocycles. The Morgan fingerprint density at radius 3 is 2.68 bits per heavy atom. The fraction of sp³-hybridized carbons (Fsp3) is 0.500. The molecule has 1 aliphatic heterocycles. The monoisotopic (exact) mass is 348 g/mol. The van der Waals surface area contributed by atoms with Crippen molar-refractivity contribution in [1.29, 1.82) is 0 Å². The van der Waals surface area contributed by atoms with E-state index in [0.717, 1.165) is 0 Å². The van der Waals surface area contributed by atoms with Gasteiger partial charge in [0.25, 0.3) is 0 Å². The summed E-state index contributed by atoms with van der Waals surface area (Å²) in [5.74, 6) is -0.283. The molecule has 6 nitrogen and oxygen atoms in total.